The number of rotatable bonds is 4. The van der Waals surface area contributed by atoms with Crippen molar-refractivity contribution in [3.05, 3.63) is 29.3 Å². The fourth-order valence-corrected chi connectivity index (χ4v) is 3.59. The van der Waals surface area contributed by atoms with E-state index in [0.29, 0.717) is 16.8 Å². The molecule has 0 saturated carbocycles. The van der Waals surface area contributed by atoms with Crippen molar-refractivity contribution in [3.8, 4) is 0 Å². The van der Waals surface area contributed by atoms with Gasteiger partial charge in [0.15, 0.2) is 0 Å². The Balaban J connectivity index is 1.90. The Morgan fingerprint density at radius 2 is 2.04 bits per heavy atom. The summed E-state index contributed by atoms with van der Waals surface area (Å²) in [5, 5.41) is 2.23. The zero-order valence-electron chi connectivity index (χ0n) is 13.0. The Hall–Kier alpha value is -2.42. The van der Waals surface area contributed by atoms with Gasteiger partial charge in [-0.1, -0.05) is 6.07 Å². The first-order valence-corrected chi connectivity index (χ1v) is 9.24. The fourth-order valence-electron chi connectivity index (χ4n) is 2.92. The van der Waals surface area contributed by atoms with Gasteiger partial charge in [-0.3, -0.25) is 24.4 Å². The number of nitrogens with one attached hydrogen (secondary N) is 2. The van der Waals surface area contributed by atoms with E-state index in [-0.39, 0.29) is 37.0 Å². The van der Waals surface area contributed by atoms with Gasteiger partial charge < -0.3 is 4.90 Å². The van der Waals surface area contributed by atoms with Gasteiger partial charge in [-0.15, -0.1) is 0 Å². The Bertz CT molecular complexity index is 834. The molecule has 1 saturated heterocycles. The molecule has 9 heteroatoms. The third-order valence-electron chi connectivity index (χ3n) is 4.23. The second-order valence-electron chi connectivity index (χ2n) is 5.74. The van der Waals surface area contributed by atoms with Gasteiger partial charge in [0.1, 0.15) is 6.04 Å². The van der Waals surface area contributed by atoms with Crippen molar-refractivity contribution >= 4 is 33.4 Å². The van der Waals surface area contributed by atoms with Gasteiger partial charge in [-0.05, 0) is 25.5 Å². The van der Waals surface area contributed by atoms with E-state index < -0.39 is 22.0 Å². The maximum Gasteiger partial charge on any atom is 0.255 e. The zero-order valence-corrected chi connectivity index (χ0v) is 13.9. The number of imide groups is 1. The molecule has 1 unspecified atom stereocenters. The Morgan fingerprint density at radius 3 is 2.71 bits per heavy atom. The molecule has 1 aromatic carbocycles. The molecule has 3 rings (SSSR count). The minimum Gasteiger partial charge on any atom is -0.322 e. The normalized spacial score (nSPS) is 20.8. The second-order valence-corrected chi connectivity index (χ2v) is 7.75. The smallest absolute Gasteiger partial charge is 0.255 e. The van der Waals surface area contributed by atoms with Crippen molar-refractivity contribution in [3.63, 3.8) is 0 Å². The van der Waals surface area contributed by atoms with E-state index in [9.17, 15) is 22.8 Å². The summed E-state index contributed by atoms with van der Waals surface area (Å²) in [6.45, 7) is 1.65. The summed E-state index contributed by atoms with van der Waals surface area (Å²) >= 11 is 0. The van der Waals surface area contributed by atoms with E-state index in [0.717, 1.165) is 0 Å². The number of benzene rings is 1. The quantitative estimate of drug-likeness (QED) is 0.753. The molecule has 0 spiro atoms. The van der Waals surface area contributed by atoms with Gasteiger partial charge in [0.2, 0.25) is 21.8 Å². The summed E-state index contributed by atoms with van der Waals surface area (Å²) in [6, 6.07) is 4.07. The van der Waals surface area contributed by atoms with Gasteiger partial charge in [-0.25, -0.2) is 8.42 Å². The number of hydrogen-bond acceptors (Lipinski definition) is 5. The van der Waals surface area contributed by atoms with Gasteiger partial charge in [0.05, 0.1) is 11.4 Å². The van der Waals surface area contributed by atoms with Gasteiger partial charge in [0, 0.05) is 24.1 Å². The first-order chi connectivity index (χ1) is 11.3. The number of carbonyl (C=O) groups is 3. The van der Waals surface area contributed by atoms with Crippen molar-refractivity contribution in [2.45, 2.75) is 32.4 Å². The molecule has 128 valence electrons. The summed E-state index contributed by atoms with van der Waals surface area (Å²) in [5.74, 6) is -1.27. The lowest BCUT2D eigenvalue weighted by Gasteiger charge is -2.29. The molecule has 24 heavy (non-hydrogen) atoms. The van der Waals surface area contributed by atoms with Crippen molar-refractivity contribution in [2.75, 3.05) is 10.5 Å². The molecule has 1 atom stereocenters. The van der Waals surface area contributed by atoms with Gasteiger partial charge in [-0.2, -0.15) is 0 Å². The van der Waals surface area contributed by atoms with Crippen molar-refractivity contribution in [1.29, 1.82) is 0 Å². The summed E-state index contributed by atoms with van der Waals surface area (Å²) in [6.07, 6.45) is 0.437. The van der Waals surface area contributed by atoms with Crippen LogP contribution in [0.1, 0.15) is 35.7 Å². The minimum absolute atomic E-state index is 0.0819. The molecule has 0 bridgehead atoms. The minimum atomic E-state index is -3.48. The van der Waals surface area contributed by atoms with Crippen LogP contribution in [0.3, 0.4) is 0 Å². The summed E-state index contributed by atoms with van der Waals surface area (Å²) < 4.78 is 26.1. The van der Waals surface area contributed by atoms with E-state index in [1.807, 2.05) is 0 Å². The first kappa shape index (κ1) is 16.4. The standard InChI is InChI=1S/C15H17N3O5S/c1-2-24(22,23)17-11-5-3-4-9-10(11)8-18(15(9)21)12-6-7-13(19)16-14(12)20/h3-5,12,17H,2,6-8H2,1H3,(H,16,19,20). The molecular formula is C15H17N3O5S. The van der Waals surface area contributed by atoms with Crippen molar-refractivity contribution in [2.24, 2.45) is 0 Å². The van der Waals surface area contributed by atoms with Crippen LogP contribution in [0.4, 0.5) is 5.69 Å². The molecule has 1 fully saturated rings. The largest absolute Gasteiger partial charge is 0.322 e. The molecule has 0 radical (unpaired) electrons. The van der Waals surface area contributed by atoms with E-state index in [2.05, 4.69) is 10.0 Å². The molecule has 8 nitrogen and oxygen atoms in total. The SMILES string of the molecule is CCS(=O)(=O)Nc1cccc2c1CN(C1CCC(=O)NC1=O)C2=O. The lowest BCUT2D eigenvalue weighted by atomic mass is 10.0. The van der Waals surface area contributed by atoms with Gasteiger partial charge in [0.25, 0.3) is 5.91 Å². The number of fused-ring (bicyclic) bond motifs is 1. The highest BCUT2D eigenvalue weighted by atomic mass is 32.2. The van der Waals surface area contributed by atoms with Crippen LogP contribution >= 0.6 is 0 Å². The van der Waals surface area contributed by atoms with Crippen LogP contribution in [0.25, 0.3) is 0 Å². The third kappa shape index (κ3) is 2.86. The lowest BCUT2D eigenvalue weighted by Crippen LogP contribution is -2.52. The third-order valence-corrected chi connectivity index (χ3v) is 5.52. The molecule has 2 aliphatic heterocycles. The topological polar surface area (TPSA) is 113 Å². The summed E-state index contributed by atoms with van der Waals surface area (Å²) in [5.41, 5.74) is 1.26. The average Bonchev–Trinajstić information content (AvgIpc) is 2.86. The molecular weight excluding hydrogens is 334 g/mol. The highest BCUT2D eigenvalue weighted by Gasteiger charge is 2.40. The number of piperidine rings is 1. The van der Waals surface area contributed by atoms with E-state index in [1.54, 1.807) is 18.2 Å². The highest BCUT2D eigenvalue weighted by molar-refractivity contribution is 7.92. The van der Waals surface area contributed by atoms with Crippen LogP contribution in [0.5, 0.6) is 0 Å². The zero-order chi connectivity index (χ0) is 17.5. The van der Waals surface area contributed by atoms with E-state index >= 15 is 0 Å². The van der Waals surface area contributed by atoms with Gasteiger partial charge >= 0.3 is 0 Å². The molecule has 0 aromatic heterocycles. The molecule has 0 aliphatic carbocycles. The maximum atomic E-state index is 12.6. The molecule has 2 heterocycles. The van der Waals surface area contributed by atoms with Crippen LogP contribution in [0.15, 0.2) is 18.2 Å². The maximum absolute atomic E-state index is 12.6. The Kier molecular flexibility index (Phi) is 4.04. The van der Waals surface area contributed by atoms with Crippen LogP contribution in [0, 0.1) is 0 Å². The summed E-state index contributed by atoms with van der Waals surface area (Å²) in [4.78, 5) is 37.3. The highest BCUT2D eigenvalue weighted by Crippen LogP contribution is 2.32. The summed E-state index contributed by atoms with van der Waals surface area (Å²) in [7, 11) is -3.48. The van der Waals surface area contributed by atoms with Crippen molar-refractivity contribution in [1.82, 2.24) is 10.2 Å². The number of hydrogen-bond donors (Lipinski definition) is 2. The first-order valence-electron chi connectivity index (χ1n) is 7.59. The Labute approximate surface area is 139 Å². The predicted octanol–water partition coefficient (Wildman–Crippen LogP) is 0.209. The average molecular weight is 351 g/mol. The number of carbonyl (C=O) groups excluding carboxylic acids is 3. The molecule has 2 N–H and O–H groups in total. The Morgan fingerprint density at radius 1 is 1.29 bits per heavy atom. The molecule has 2 aliphatic rings. The number of sulfonamides is 1. The van der Waals surface area contributed by atoms with E-state index in [1.165, 1.54) is 11.8 Å². The molecule has 1 aromatic rings. The van der Waals surface area contributed by atoms with E-state index in [4.69, 9.17) is 0 Å². The van der Waals surface area contributed by atoms with Crippen LogP contribution in [-0.4, -0.2) is 42.8 Å². The number of amides is 3. The fraction of sp³-hybridized carbons (Fsp3) is 0.400. The van der Waals surface area contributed by atoms with Crippen LogP contribution < -0.4 is 10.0 Å². The van der Waals surface area contributed by atoms with Crippen LogP contribution in [0.2, 0.25) is 0 Å². The monoisotopic (exact) mass is 351 g/mol. The van der Waals surface area contributed by atoms with Crippen LogP contribution in [-0.2, 0) is 26.2 Å². The van der Waals surface area contributed by atoms with Crippen molar-refractivity contribution < 1.29 is 22.8 Å². The lowest BCUT2D eigenvalue weighted by molar-refractivity contribution is -0.136. The molecule has 3 amide bonds. The second kappa shape index (κ2) is 5.90. The predicted molar refractivity (Wildman–Crippen MR) is 85.6 cm³/mol. The number of anilines is 1. The number of nitrogens with zero attached hydrogens (tertiary/aromatic N) is 1.